The molecule has 1 aromatic carbocycles. The highest BCUT2D eigenvalue weighted by Gasteiger charge is 2.36. The van der Waals surface area contributed by atoms with Crippen LogP contribution in [-0.4, -0.2) is 30.6 Å². The molecule has 2 amide bonds. The lowest BCUT2D eigenvalue weighted by Crippen LogP contribution is -2.38. The average molecular weight is 287 g/mol. The van der Waals surface area contributed by atoms with Gasteiger partial charge in [0, 0.05) is 24.3 Å². The third-order valence-corrected chi connectivity index (χ3v) is 4.47. The highest BCUT2D eigenvalue weighted by molar-refractivity contribution is 5.89. The minimum atomic E-state index is 0.0682. The Morgan fingerprint density at radius 3 is 2.71 bits per heavy atom. The Bertz CT molecular complexity index is 509. The second-order valence-electron chi connectivity index (χ2n) is 6.39. The smallest absolute Gasteiger partial charge is 0.321 e. The molecule has 1 aromatic rings. The zero-order valence-corrected chi connectivity index (χ0v) is 12.9. The van der Waals surface area contributed by atoms with Gasteiger partial charge in [-0.3, -0.25) is 0 Å². The van der Waals surface area contributed by atoms with Crippen LogP contribution < -0.4 is 10.6 Å². The summed E-state index contributed by atoms with van der Waals surface area (Å²) in [4.78, 5) is 14.6. The summed E-state index contributed by atoms with van der Waals surface area (Å²) < 4.78 is 0. The SMILES string of the molecule is CNC(C)c1cccc(NC(=O)N(CC2CC2)C2CC2)c1. The number of anilines is 1. The van der Waals surface area contributed by atoms with Crippen molar-refractivity contribution in [3.05, 3.63) is 29.8 Å². The van der Waals surface area contributed by atoms with Crippen molar-refractivity contribution in [2.45, 2.75) is 44.7 Å². The number of rotatable bonds is 6. The van der Waals surface area contributed by atoms with Gasteiger partial charge in [-0.15, -0.1) is 0 Å². The van der Waals surface area contributed by atoms with Gasteiger partial charge >= 0.3 is 6.03 Å². The molecular formula is C17H25N3O. The summed E-state index contributed by atoms with van der Waals surface area (Å²) in [5, 5.41) is 6.30. The average Bonchev–Trinajstić information content (AvgIpc) is 3.37. The van der Waals surface area contributed by atoms with Crippen molar-refractivity contribution in [1.82, 2.24) is 10.2 Å². The topological polar surface area (TPSA) is 44.4 Å². The first-order valence-corrected chi connectivity index (χ1v) is 8.02. The molecule has 2 aliphatic rings. The van der Waals surface area contributed by atoms with E-state index in [1.54, 1.807) is 0 Å². The van der Waals surface area contributed by atoms with Crippen molar-refractivity contribution in [3.63, 3.8) is 0 Å². The van der Waals surface area contributed by atoms with Crippen molar-refractivity contribution in [2.24, 2.45) is 5.92 Å². The predicted octanol–water partition coefficient (Wildman–Crippen LogP) is 3.37. The summed E-state index contributed by atoms with van der Waals surface area (Å²) in [5.41, 5.74) is 2.08. The molecule has 0 aliphatic heterocycles. The fraction of sp³-hybridized carbons (Fsp3) is 0.588. The van der Waals surface area contributed by atoms with Crippen LogP contribution in [0.2, 0.25) is 0 Å². The van der Waals surface area contributed by atoms with Crippen LogP contribution in [0.5, 0.6) is 0 Å². The van der Waals surface area contributed by atoms with Crippen LogP contribution in [0.4, 0.5) is 10.5 Å². The van der Waals surface area contributed by atoms with Crippen LogP contribution in [0.25, 0.3) is 0 Å². The van der Waals surface area contributed by atoms with Crippen LogP contribution >= 0.6 is 0 Å². The van der Waals surface area contributed by atoms with E-state index in [1.807, 2.05) is 24.1 Å². The molecule has 0 aromatic heterocycles. The summed E-state index contributed by atoms with van der Waals surface area (Å²) in [6, 6.07) is 8.94. The number of hydrogen-bond donors (Lipinski definition) is 2. The molecule has 0 saturated heterocycles. The van der Waals surface area contributed by atoms with Gasteiger partial charge in [-0.25, -0.2) is 4.79 Å². The molecular weight excluding hydrogens is 262 g/mol. The van der Waals surface area contributed by atoms with Crippen molar-refractivity contribution in [3.8, 4) is 0 Å². The zero-order valence-electron chi connectivity index (χ0n) is 12.9. The lowest BCUT2D eigenvalue weighted by Gasteiger charge is -2.23. The third-order valence-electron chi connectivity index (χ3n) is 4.47. The highest BCUT2D eigenvalue weighted by Crippen LogP contribution is 2.35. The first-order chi connectivity index (χ1) is 10.2. The molecule has 4 heteroatoms. The number of urea groups is 1. The molecule has 2 saturated carbocycles. The van der Waals surface area contributed by atoms with Gasteiger partial charge in [-0.2, -0.15) is 0 Å². The first-order valence-electron chi connectivity index (χ1n) is 8.02. The quantitative estimate of drug-likeness (QED) is 0.842. The largest absolute Gasteiger partial charge is 0.322 e. The lowest BCUT2D eigenvalue weighted by molar-refractivity contribution is 0.206. The Hall–Kier alpha value is -1.55. The maximum Gasteiger partial charge on any atom is 0.322 e. The molecule has 2 fully saturated rings. The van der Waals surface area contributed by atoms with E-state index in [9.17, 15) is 4.79 Å². The van der Waals surface area contributed by atoms with Crippen molar-refractivity contribution >= 4 is 11.7 Å². The zero-order chi connectivity index (χ0) is 14.8. The number of carbonyl (C=O) groups excluding carboxylic acids is 1. The van der Waals surface area contributed by atoms with Crippen LogP contribution in [0, 0.1) is 5.92 Å². The van der Waals surface area contributed by atoms with Crippen LogP contribution in [-0.2, 0) is 0 Å². The van der Waals surface area contributed by atoms with Crippen LogP contribution in [0.3, 0.4) is 0 Å². The van der Waals surface area contributed by atoms with E-state index in [2.05, 4.69) is 29.7 Å². The lowest BCUT2D eigenvalue weighted by atomic mass is 10.1. The highest BCUT2D eigenvalue weighted by atomic mass is 16.2. The molecule has 0 heterocycles. The van der Waals surface area contributed by atoms with Crippen molar-refractivity contribution in [2.75, 3.05) is 18.9 Å². The van der Waals surface area contributed by atoms with Crippen LogP contribution in [0.1, 0.15) is 44.2 Å². The maximum atomic E-state index is 12.5. The van der Waals surface area contributed by atoms with E-state index < -0.39 is 0 Å². The van der Waals surface area contributed by atoms with E-state index >= 15 is 0 Å². The predicted molar refractivity (Wildman–Crippen MR) is 85.4 cm³/mol. The van der Waals surface area contributed by atoms with Gasteiger partial charge in [0.15, 0.2) is 0 Å². The van der Waals surface area contributed by atoms with Gasteiger partial charge in [-0.05, 0) is 63.3 Å². The van der Waals surface area contributed by atoms with Crippen molar-refractivity contribution in [1.29, 1.82) is 0 Å². The van der Waals surface area contributed by atoms with E-state index in [0.29, 0.717) is 6.04 Å². The molecule has 4 nitrogen and oxygen atoms in total. The Kier molecular flexibility index (Phi) is 4.15. The Balaban J connectivity index is 1.65. The van der Waals surface area contributed by atoms with E-state index in [1.165, 1.54) is 18.4 Å². The molecule has 2 aliphatic carbocycles. The van der Waals surface area contributed by atoms with E-state index in [-0.39, 0.29) is 12.1 Å². The van der Waals surface area contributed by atoms with Crippen molar-refractivity contribution < 1.29 is 4.79 Å². The fourth-order valence-corrected chi connectivity index (χ4v) is 2.61. The van der Waals surface area contributed by atoms with E-state index in [0.717, 1.165) is 31.0 Å². The number of nitrogens with one attached hydrogen (secondary N) is 2. The molecule has 0 spiro atoms. The molecule has 1 atom stereocenters. The van der Waals surface area contributed by atoms with E-state index in [4.69, 9.17) is 0 Å². The summed E-state index contributed by atoms with van der Waals surface area (Å²) in [6.07, 6.45) is 4.89. The second-order valence-corrected chi connectivity index (χ2v) is 6.39. The second kappa shape index (κ2) is 6.06. The van der Waals surface area contributed by atoms with Gasteiger partial charge in [0.25, 0.3) is 0 Å². The number of carbonyl (C=O) groups is 1. The Labute approximate surface area is 126 Å². The maximum absolute atomic E-state index is 12.5. The number of amides is 2. The molecule has 21 heavy (non-hydrogen) atoms. The molecule has 3 rings (SSSR count). The minimum absolute atomic E-state index is 0.0682. The number of nitrogens with zero attached hydrogens (tertiary/aromatic N) is 1. The third kappa shape index (κ3) is 3.76. The van der Waals surface area contributed by atoms with Gasteiger partial charge < -0.3 is 15.5 Å². The van der Waals surface area contributed by atoms with Crippen LogP contribution in [0.15, 0.2) is 24.3 Å². The van der Waals surface area contributed by atoms with Gasteiger partial charge in [0.05, 0.1) is 0 Å². The summed E-state index contributed by atoms with van der Waals surface area (Å²) in [6.45, 7) is 3.05. The van der Waals surface area contributed by atoms with Gasteiger partial charge in [0.1, 0.15) is 0 Å². The molecule has 0 radical (unpaired) electrons. The monoisotopic (exact) mass is 287 g/mol. The normalized spacial score (nSPS) is 19.1. The first kappa shape index (κ1) is 14.4. The molecule has 1 unspecified atom stereocenters. The standard InChI is InChI=1S/C17H25N3O/c1-12(18-2)14-4-3-5-15(10-14)19-17(21)20(16-8-9-16)11-13-6-7-13/h3-5,10,12-13,16,18H,6-9,11H2,1-2H3,(H,19,21). The summed E-state index contributed by atoms with van der Waals surface area (Å²) >= 11 is 0. The fourth-order valence-electron chi connectivity index (χ4n) is 2.61. The van der Waals surface area contributed by atoms with Gasteiger partial charge in [-0.1, -0.05) is 12.1 Å². The number of benzene rings is 1. The minimum Gasteiger partial charge on any atom is -0.321 e. The van der Waals surface area contributed by atoms with Gasteiger partial charge in [0.2, 0.25) is 0 Å². The Morgan fingerprint density at radius 1 is 1.33 bits per heavy atom. The summed E-state index contributed by atoms with van der Waals surface area (Å²) in [7, 11) is 1.94. The Morgan fingerprint density at radius 2 is 2.10 bits per heavy atom. The molecule has 2 N–H and O–H groups in total. The summed E-state index contributed by atoms with van der Waals surface area (Å²) in [5.74, 6) is 0.743. The molecule has 0 bridgehead atoms. The number of hydrogen-bond acceptors (Lipinski definition) is 2. The molecule has 114 valence electrons.